The van der Waals surface area contributed by atoms with E-state index in [2.05, 4.69) is 18.7 Å². The van der Waals surface area contributed by atoms with Gasteiger partial charge in [0.05, 0.1) is 0 Å². The summed E-state index contributed by atoms with van der Waals surface area (Å²) >= 11 is 0. The molecule has 0 N–H and O–H groups in total. The number of allylic oxidation sites excluding steroid dienone is 1. The first kappa shape index (κ1) is 12.5. The molecule has 0 aromatic heterocycles. The van der Waals surface area contributed by atoms with Crippen molar-refractivity contribution in [2.75, 3.05) is 13.1 Å². The number of carbonyl (C=O) groups excluding carboxylic acids is 1. The Morgan fingerprint density at radius 1 is 1.19 bits per heavy atom. The molecule has 0 aliphatic carbocycles. The molecule has 0 saturated heterocycles. The molecule has 0 radical (unpaired) electrons. The minimum atomic E-state index is 0.170. The fourth-order valence-electron chi connectivity index (χ4n) is 1.49. The first-order valence-corrected chi connectivity index (χ1v) is 5.76. The summed E-state index contributed by atoms with van der Waals surface area (Å²) in [5.74, 6) is 0.170. The normalized spacial score (nSPS) is 10.6. The van der Waals surface area contributed by atoms with Crippen LogP contribution in [0, 0.1) is 0 Å². The van der Waals surface area contributed by atoms with E-state index in [1.165, 1.54) is 0 Å². The third kappa shape index (κ3) is 3.89. The highest BCUT2D eigenvalue weighted by molar-refractivity contribution is 5.96. The summed E-state index contributed by atoms with van der Waals surface area (Å²) in [5.41, 5.74) is 0.784. The molecule has 0 amide bonds. The van der Waals surface area contributed by atoms with Crippen molar-refractivity contribution in [3.63, 3.8) is 0 Å². The van der Waals surface area contributed by atoms with Gasteiger partial charge in [-0.2, -0.15) is 0 Å². The van der Waals surface area contributed by atoms with Gasteiger partial charge in [0, 0.05) is 25.1 Å². The van der Waals surface area contributed by atoms with Gasteiger partial charge >= 0.3 is 0 Å². The van der Waals surface area contributed by atoms with Crippen LogP contribution in [0.25, 0.3) is 0 Å². The molecular weight excluding hydrogens is 198 g/mol. The molecule has 2 heteroatoms. The fraction of sp³-hybridized carbons (Fsp3) is 0.357. The smallest absolute Gasteiger partial charge is 0.166 e. The van der Waals surface area contributed by atoms with Gasteiger partial charge in [-0.15, -0.1) is 0 Å². The van der Waals surface area contributed by atoms with Crippen LogP contribution >= 0.6 is 0 Å². The van der Waals surface area contributed by atoms with Gasteiger partial charge in [-0.3, -0.25) is 4.79 Å². The molecule has 0 fully saturated rings. The molecule has 0 unspecified atom stereocenters. The van der Waals surface area contributed by atoms with Crippen molar-refractivity contribution >= 4 is 5.78 Å². The van der Waals surface area contributed by atoms with Crippen LogP contribution in [-0.4, -0.2) is 23.8 Å². The quantitative estimate of drug-likeness (QED) is 0.682. The maximum atomic E-state index is 11.7. The summed E-state index contributed by atoms with van der Waals surface area (Å²) < 4.78 is 0. The summed E-state index contributed by atoms with van der Waals surface area (Å²) in [6.45, 7) is 6.17. The first-order valence-electron chi connectivity index (χ1n) is 5.76. The summed E-state index contributed by atoms with van der Waals surface area (Å²) in [6.07, 6.45) is 4.41. The van der Waals surface area contributed by atoms with Gasteiger partial charge in [-0.1, -0.05) is 36.4 Å². The summed E-state index contributed by atoms with van der Waals surface area (Å²) in [7, 11) is 0. The van der Waals surface area contributed by atoms with Gasteiger partial charge in [-0.25, -0.2) is 0 Å². The number of carbonyl (C=O) groups is 1. The van der Waals surface area contributed by atoms with Crippen LogP contribution in [0.3, 0.4) is 0 Å². The van der Waals surface area contributed by atoms with Crippen LogP contribution in [-0.2, 0) is 0 Å². The molecule has 2 nitrogen and oxygen atoms in total. The highest BCUT2D eigenvalue weighted by Crippen LogP contribution is 2.03. The van der Waals surface area contributed by atoms with E-state index in [1.54, 1.807) is 0 Å². The van der Waals surface area contributed by atoms with E-state index in [9.17, 15) is 4.79 Å². The first-order chi connectivity index (χ1) is 7.77. The van der Waals surface area contributed by atoms with Crippen molar-refractivity contribution in [2.45, 2.75) is 20.3 Å². The van der Waals surface area contributed by atoms with Crippen molar-refractivity contribution in [3.05, 3.63) is 48.2 Å². The molecule has 1 rings (SSSR count). The maximum Gasteiger partial charge on any atom is 0.166 e. The second-order valence-corrected chi connectivity index (χ2v) is 3.60. The van der Waals surface area contributed by atoms with Gasteiger partial charge in [0.2, 0.25) is 0 Å². The fourth-order valence-corrected chi connectivity index (χ4v) is 1.49. The SMILES string of the molecule is CCN(/C=C/CC(=O)c1ccccc1)CC. The van der Waals surface area contributed by atoms with E-state index in [0.717, 1.165) is 18.7 Å². The van der Waals surface area contributed by atoms with Crippen LogP contribution in [0.4, 0.5) is 0 Å². The highest BCUT2D eigenvalue weighted by Gasteiger charge is 2.01. The molecule has 16 heavy (non-hydrogen) atoms. The lowest BCUT2D eigenvalue weighted by Gasteiger charge is -2.14. The zero-order valence-corrected chi connectivity index (χ0v) is 10.0. The van der Waals surface area contributed by atoms with Crippen LogP contribution in [0.15, 0.2) is 42.6 Å². The van der Waals surface area contributed by atoms with Gasteiger partial charge < -0.3 is 4.90 Å². The number of nitrogens with zero attached hydrogens (tertiary/aromatic N) is 1. The third-order valence-electron chi connectivity index (χ3n) is 2.53. The van der Waals surface area contributed by atoms with Crippen LogP contribution in [0.2, 0.25) is 0 Å². The Labute approximate surface area is 97.6 Å². The third-order valence-corrected chi connectivity index (χ3v) is 2.53. The average molecular weight is 217 g/mol. The molecule has 0 heterocycles. The van der Waals surface area contributed by atoms with Crippen molar-refractivity contribution in [3.8, 4) is 0 Å². The lowest BCUT2D eigenvalue weighted by atomic mass is 10.1. The average Bonchev–Trinajstić information content (AvgIpc) is 2.35. The topological polar surface area (TPSA) is 20.3 Å². The van der Waals surface area contributed by atoms with Crippen LogP contribution < -0.4 is 0 Å². The van der Waals surface area contributed by atoms with Crippen molar-refractivity contribution < 1.29 is 4.79 Å². The Morgan fingerprint density at radius 2 is 1.81 bits per heavy atom. The molecule has 1 aromatic rings. The number of hydrogen-bond acceptors (Lipinski definition) is 2. The minimum Gasteiger partial charge on any atom is -0.378 e. The van der Waals surface area contributed by atoms with Gasteiger partial charge in [0.25, 0.3) is 0 Å². The minimum absolute atomic E-state index is 0.170. The van der Waals surface area contributed by atoms with Gasteiger partial charge in [0.15, 0.2) is 5.78 Å². The van der Waals surface area contributed by atoms with Crippen molar-refractivity contribution in [2.24, 2.45) is 0 Å². The molecule has 0 aliphatic heterocycles. The van der Waals surface area contributed by atoms with Crippen LogP contribution in [0.1, 0.15) is 30.6 Å². The number of hydrogen-bond donors (Lipinski definition) is 0. The molecule has 0 spiro atoms. The van der Waals surface area contributed by atoms with E-state index in [-0.39, 0.29) is 5.78 Å². The monoisotopic (exact) mass is 217 g/mol. The highest BCUT2D eigenvalue weighted by atomic mass is 16.1. The van der Waals surface area contributed by atoms with Crippen LogP contribution in [0.5, 0.6) is 0 Å². The zero-order chi connectivity index (χ0) is 11.8. The molecule has 0 atom stereocenters. The molecule has 1 aromatic carbocycles. The Morgan fingerprint density at radius 3 is 2.38 bits per heavy atom. The number of Topliss-reactive ketones (excluding diaryl/α,β-unsaturated/α-hetero) is 1. The molecule has 86 valence electrons. The molecule has 0 saturated carbocycles. The molecule has 0 bridgehead atoms. The summed E-state index contributed by atoms with van der Waals surface area (Å²) in [4.78, 5) is 13.9. The Hall–Kier alpha value is -1.57. The van der Waals surface area contributed by atoms with E-state index in [0.29, 0.717) is 6.42 Å². The Bertz CT molecular complexity index is 339. The van der Waals surface area contributed by atoms with E-state index >= 15 is 0 Å². The Kier molecular flexibility index (Phi) is 5.34. The van der Waals surface area contributed by atoms with Gasteiger partial charge in [0.1, 0.15) is 0 Å². The van der Waals surface area contributed by atoms with Crippen molar-refractivity contribution in [1.82, 2.24) is 4.90 Å². The van der Waals surface area contributed by atoms with E-state index < -0.39 is 0 Å². The predicted octanol–water partition coefficient (Wildman–Crippen LogP) is 3.11. The number of rotatable bonds is 6. The Balaban J connectivity index is 2.47. The van der Waals surface area contributed by atoms with E-state index in [4.69, 9.17) is 0 Å². The molecular formula is C14H19NO. The zero-order valence-electron chi connectivity index (χ0n) is 10.0. The molecule has 0 aliphatic rings. The standard InChI is InChI=1S/C14H19NO/c1-3-15(4-2)12-8-11-14(16)13-9-6-5-7-10-13/h5-10,12H,3-4,11H2,1-2H3/b12-8+. The predicted molar refractivity (Wildman–Crippen MR) is 67.5 cm³/mol. The second kappa shape index (κ2) is 6.83. The second-order valence-electron chi connectivity index (χ2n) is 3.60. The summed E-state index contributed by atoms with van der Waals surface area (Å²) in [5, 5.41) is 0. The van der Waals surface area contributed by atoms with E-state index in [1.807, 2.05) is 42.6 Å². The largest absolute Gasteiger partial charge is 0.378 e. The maximum absolute atomic E-state index is 11.7. The lowest BCUT2D eigenvalue weighted by molar-refractivity contribution is 0.0995. The van der Waals surface area contributed by atoms with Gasteiger partial charge in [-0.05, 0) is 20.0 Å². The lowest BCUT2D eigenvalue weighted by Crippen LogP contribution is -2.15. The number of ketones is 1. The number of benzene rings is 1. The van der Waals surface area contributed by atoms with Crippen molar-refractivity contribution in [1.29, 1.82) is 0 Å². The summed E-state index contributed by atoms with van der Waals surface area (Å²) in [6, 6.07) is 9.41.